The molecule has 1 aliphatic heterocycles. The van der Waals surface area contributed by atoms with E-state index in [4.69, 9.17) is 0 Å². The van der Waals surface area contributed by atoms with Crippen LogP contribution in [0.5, 0.6) is 0 Å². The molecule has 0 aromatic heterocycles. The van der Waals surface area contributed by atoms with Crippen LogP contribution in [0.1, 0.15) is 16.7 Å². The van der Waals surface area contributed by atoms with Crippen molar-refractivity contribution in [1.82, 2.24) is 5.32 Å². The van der Waals surface area contributed by atoms with E-state index in [9.17, 15) is 0 Å². The van der Waals surface area contributed by atoms with Crippen molar-refractivity contribution in [3.05, 3.63) is 72.8 Å². The van der Waals surface area contributed by atoms with E-state index in [1.54, 1.807) is 0 Å². The summed E-state index contributed by atoms with van der Waals surface area (Å²) in [5.41, 5.74) is 5.48. The largest absolute Gasteiger partial charge is 0.355 e. The second kappa shape index (κ2) is 3.88. The van der Waals surface area contributed by atoms with Gasteiger partial charge in [-0.3, -0.25) is 0 Å². The fourth-order valence-electron chi connectivity index (χ4n) is 2.62. The maximum absolute atomic E-state index is 4.07. The molecule has 18 heavy (non-hydrogen) atoms. The quantitative estimate of drug-likeness (QED) is 0.770. The fourth-order valence-corrected chi connectivity index (χ4v) is 2.62. The lowest BCUT2D eigenvalue weighted by atomic mass is 9.89. The minimum atomic E-state index is 0.882. The van der Waals surface area contributed by atoms with E-state index in [0.29, 0.717) is 0 Å². The third-order valence-electron chi connectivity index (χ3n) is 3.45. The summed E-state index contributed by atoms with van der Waals surface area (Å²) in [6.07, 6.45) is 2.82. The first-order chi connectivity index (χ1) is 8.72. The molecule has 2 aromatic carbocycles. The summed E-state index contributed by atoms with van der Waals surface area (Å²) >= 11 is 0. The highest BCUT2D eigenvalue weighted by Gasteiger charge is 2.18. The molecule has 0 atom stereocenters. The van der Waals surface area contributed by atoms with Crippen LogP contribution in [0, 0.1) is 0 Å². The lowest BCUT2D eigenvalue weighted by molar-refractivity contribution is 1.22. The lowest BCUT2D eigenvalue weighted by Gasteiger charge is -2.24. The highest BCUT2D eigenvalue weighted by Crippen LogP contribution is 2.36. The van der Waals surface area contributed by atoms with Gasteiger partial charge in [-0.05, 0) is 17.4 Å². The second-order valence-corrected chi connectivity index (χ2v) is 4.58. The van der Waals surface area contributed by atoms with E-state index in [0.717, 1.165) is 17.8 Å². The molecule has 0 saturated heterocycles. The van der Waals surface area contributed by atoms with Gasteiger partial charge < -0.3 is 5.32 Å². The Kier molecular flexibility index (Phi) is 2.34. The van der Waals surface area contributed by atoms with Crippen LogP contribution in [0.25, 0.3) is 22.2 Å². The molecule has 2 aromatic rings. The van der Waals surface area contributed by atoms with Crippen LogP contribution in [0.4, 0.5) is 0 Å². The molecule has 0 spiro atoms. The minimum absolute atomic E-state index is 0.882. The van der Waals surface area contributed by atoms with Crippen molar-refractivity contribution in [3.63, 3.8) is 0 Å². The molecular formula is C17H15N. The number of hydrogen-bond donors (Lipinski definition) is 1. The number of hydrogen-bond acceptors (Lipinski definition) is 1. The van der Waals surface area contributed by atoms with Gasteiger partial charge in [-0.25, -0.2) is 0 Å². The summed E-state index contributed by atoms with van der Waals surface area (Å²) in [6.45, 7) is 12.0. The van der Waals surface area contributed by atoms with E-state index in [1.807, 2.05) is 6.08 Å². The summed E-state index contributed by atoms with van der Waals surface area (Å²) < 4.78 is 0. The van der Waals surface area contributed by atoms with Crippen molar-refractivity contribution in [3.8, 4) is 0 Å². The molecule has 3 rings (SSSR count). The Balaban J connectivity index is 2.44. The van der Waals surface area contributed by atoms with Gasteiger partial charge >= 0.3 is 0 Å². The van der Waals surface area contributed by atoms with Crippen LogP contribution in [-0.2, 0) is 6.42 Å². The summed E-state index contributed by atoms with van der Waals surface area (Å²) in [5.74, 6) is 0. The van der Waals surface area contributed by atoms with Crippen LogP contribution in [0.15, 0.2) is 56.1 Å². The number of allylic oxidation sites excluding steroid dienone is 1. The molecule has 0 unspecified atom stereocenters. The van der Waals surface area contributed by atoms with Crippen molar-refractivity contribution in [2.24, 2.45) is 0 Å². The number of rotatable bonds is 2. The molecular weight excluding hydrogens is 218 g/mol. The van der Waals surface area contributed by atoms with Crippen LogP contribution in [0.2, 0.25) is 0 Å². The molecule has 0 amide bonds. The average Bonchev–Trinajstić information content (AvgIpc) is 2.37. The molecule has 1 nitrogen and oxygen atoms in total. The van der Waals surface area contributed by atoms with Crippen LogP contribution in [0.3, 0.4) is 0 Å². The Hall–Kier alpha value is -2.28. The predicted octanol–water partition coefficient (Wildman–Crippen LogP) is 4.11. The van der Waals surface area contributed by atoms with E-state index in [1.165, 1.54) is 27.5 Å². The zero-order chi connectivity index (χ0) is 12.7. The molecule has 88 valence electrons. The summed E-state index contributed by atoms with van der Waals surface area (Å²) in [6, 6.07) is 10.6. The summed E-state index contributed by atoms with van der Waals surface area (Å²) in [7, 11) is 0. The van der Waals surface area contributed by atoms with Crippen LogP contribution >= 0.6 is 0 Å². The molecule has 0 fully saturated rings. The lowest BCUT2D eigenvalue weighted by Crippen LogP contribution is -2.15. The minimum Gasteiger partial charge on any atom is -0.355 e. The van der Waals surface area contributed by atoms with Gasteiger partial charge in [-0.1, -0.05) is 49.6 Å². The third-order valence-corrected chi connectivity index (χ3v) is 3.45. The summed E-state index contributed by atoms with van der Waals surface area (Å²) in [5, 5.41) is 5.76. The molecule has 1 N–H and O–H groups in total. The topological polar surface area (TPSA) is 12.0 Å². The van der Waals surface area contributed by atoms with Gasteiger partial charge in [0.15, 0.2) is 0 Å². The Morgan fingerprint density at radius 3 is 2.44 bits per heavy atom. The van der Waals surface area contributed by atoms with Gasteiger partial charge in [0.2, 0.25) is 0 Å². The monoisotopic (exact) mass is 233 g/mol. The van der Waals surface area contributed by atoms with Crippen molar-refractivity contribution >= 4 is 22.2 Å². The first-order valence-electron chi connectivity index (χ1n) is 6.03. The Morgan fingerprint density at radius 2 is 1.72 bits per heavy atom. The van der Waals surface area contributed by atoms with Crippen molar-refractivity contribution in [1.29, 1.82) is 0 Å². The zero-order valence-corrected chi connectivity index (χ0v) is 10.3. The smallest absolute Gasteiger partial charge is 0.0391 e. The summed E-state index contributed by atoms with van der Waals surface area (Å²) in [4.78, 5) is 0. The van der Waals surface area contributed by atoms with E-state index in [2.05, 4.69) is 55.4 Å². The van der Waals surface area contributed by atoms with Gasteiger partial charge in [-0.2, -0.15) is 0 Å². The molecule has 1 heteroatoms. The molecule has 0 bridgehead atoms. The number of benzene rings is 2. The highest BCUT2D eigenvalue weighted by atomic mass is 14.9. The van der Waals surface area contributed by atoms with Crippen LogP contribution in [-0.4, -0.2) is 0 Å². The predicted molar refractivity (Wildman–Crippen MR) is 79.1 cm³/mol. The Labute approximate surface area is 107 Å². The van der Waals surface area contributed by atoms with Crippen molar-refractivity contribution in [2.45, 2.75) is 6.42 Å². The maximum Gasteiger partial charge on any atom is 0.0391 e. The molecule has 0 aliphatic carbocycles. The van der Waals surface area contributed by atoms with E-state index < -0.39 is 0 Å². The SMILES string of the molecule is C=CCc1ccc2c3c(cccc13)C(=C)NC2=C. The fraction of sp³-hybridized carbons (Fsp3) is 0.0588. The normalized spacial score (nSPS) is 13.6. The Morgan fingerprint density at radius 1 is 1.00 bits per heavy atom. The third kappa shape index (κ3) is 1.41. The van der Waals surface area contributed by atoms with E-state index >= 15 is 0 Å². The molecule has 0 radical (unpaired) electrons. The standard InChI is InChI=1S/C17H15N/c1-4-6-13-9-10-15-12(3)18-11(2)14-7-5-8-16(13)17(14)15/h4-5,7-10,18H,1-3,6H2. The van der Waals surface area contributed by atoms with Crippen molar-refractivity contribution < 1.29 is 0 Å². The van der Waals surface area contributed by atoms with Crippen LogP contribution < -0.4 is 5.32 Å². The van der Waals surface area contributed by atoms with Gasteiger partial charge in [-0.15, -0.1) is 6.58 Å². The maximum atomic E-state index is 4.07. The van der Waals surface area contributed by atoms with E-state index in [-0.39, 0.29) is 0 Å². The second-order valence-electron chi connectivity index (χ2n) is 4.58. The molecule has 1 aliphatic rings. The Bertz CT molecular complexity index is 672. The van der Waals surface area contributed by atoms with Gasteiger partial charge in [0, 0.05) is 27.9 Å². The van der Waals surface area contributed by atoms with Gasteiger partial charge in [0.25, 0.3) is 0 Å². The molecule has 1 heterocycles. The first kappa shape index (κ1) is 10.8. The zero-order valence-electron chi connectivity index (χ0n) is 10.3. The van der Waals surface area contributed by atoms with Crippen molar-refractivity contribution in [2.75, 3.05) is 0 Å². The molecule has 0 saturated carbocycles. The van der Waals surface area contributed by atoms with Gasteiger partial charge in [0.1, 0.15) is 0 Å². The first-order valence-corrected chi connectivity index (χ1v) is 6.03. The van der Waals surface area contributed by atoms with Gasteiger partial charge in [0.05, 0.1) is 0 Å². The number of nitrogens with one attached hydrogen (secondary N) is 1. The average molecular weight is 233 g/mol. The highest BCUT2D eigenvalue weighted by molar-refractivity contribution is 6.06.